The van der Waals surface area contributed by atoms with E-state index in [1.54, 1.807) is 20.2 Å². The molecule has 7 heteroatoms. The summed E-state index contributed by atoms with van der Waals surface area (Å²) in [6, 6.07) is 3.11. The largest absolute Gasteiger partial charge is 0.375 e. The van der Waals surface area contributed by atoms with E-state index in [2.05, 4.69) is 4.98 Å². The minimum absolute atomic E-state index is 0.0394. The number of likely N-dealkylation sites (N-methyl/N-ethyl adjacent to an activating group) is 2. The molecule has 0 aliphatic heterocycles. The molecule has 0 spiro atoms. The second-order valence-electron chi connectivity index (χ2n) is 5.04. The van der Waals surface area contributed by atoms with Gasteiger partial charge in [0.05, 0.1) is 5.56 Å². The Balaban J connectivity index is 2.61. The van der Waals surface area contributed by atoms with Gasteiger partial charge in [0, 0.05) is 34.4 Å². The minimum atomic E-state index is -0.412. The molecule has 0 aromatic carbocycles. The van der Waals surface area contributed by atoms with Gasteiger partial charge in [0.1, 0.15) is 23.7 Å². The van der Waals surface area contributed by atoms with Gasteiger partial charge in [-0.1, -0.05) is 0 Å². The smallest absolute Gasteiger partial charge is 0.252 e. The number of methoxy groups -OCH3 is 1. The summed E-state index contributed by atoms with van der Waals surface area (Å²) in [5, 5.41) is 0. The molecule has 0 fully saturated rings. The first-order valence-electron chi connectivity index (χ1n) is 6.61. The molecule has 0 unspecified atom stereocenters. The Hall–Kier alpha value is -2.54. The fourth-order valence-electron chi connectivity index (χ4n) is 2.30. The van der Waals surface area contributed by atoms with Gasteiger partial charge in [-0.25, -0.2) is 0 Å². The number of Topliss-reactive ketones (excluding diaryl/α,β-unsaturated/α-hetero) is 2. The van der Waals surface area contributed by atoms with Crippen molar-refractivity contribution in [3.63, 3.8) is 0 Å². The predicted molar refractivity (Wildman–Crippen MR) is 78.3 cm³/mol. The lowest BCUT2D eigenvalue weighted by molar-refractivity contribution is -0.131. The van der Waals surface area contributed by atoms with E-state index in [1.807, 2.05) is 0 Å². The van der Waals surface area contributed by atoms with E-state index in [4.69, 9.17) is 4.74 Å². The Labute approximate surface area is 128 Å². The van der Waals surface area contributed by atoms with Crippen LogP contribution in [0.2, 0.25) is 0 Å². The van der Waals surface area contributed by atoms with Gasteiger partial charge in [-0.05, 0) is 12.1 Å². The van der Waals surface area contributed by atoms with Gasteiger partial charge in [0.2, 0.25) is 11.6 Å². The summed E-state index contributed by atoms with van der Waals surface area (Å²) in [6.07, 6.45) is 1.46. The zero-order valence-corrected chi connectivity index (χ0v) is 12.9. The first kappa shape index (κ1) is 15.8. The lowest BCUT2D eigenvalue weighted by Crippen LogP contribution is -2.40. The Kier molecular flexibility index (Phi) is 4.37. The maximum absolute atomic E-state index is 12.7. The van der Waals surface area contributed by atoms with Crippen molar-refractivity contribution in [2.75, 3.05) is 34.9 Å². The number of carbonyl (C=O) groups excluding carboxylic acids is 3. The molecule has 2 rings (SSSR count). The van der Waals surface area contributed by atoms with Crippen LogP contribution >= 0.6 is 0 Å². The zero-order valence-electron chi connectivity index (χ0n) is 12.9. The molecule has 22 heavy (non-hydrogen) atoms. The van der Waals surface area contributed by atoms with Gasteiger partial charge in [-0.3, -0.25) is 19.4 Å². The molecule has 0 atom stereocenters. The van der Waals surface area contributed by atoms with Crippen LogP contribution in [-0.4, -0.2) is 67.1 Å². The van der Waals surface area contributed by atoms with E-state index in [-0.39, 0.29) is 35.0 Å². The highest BCUT2D eigenvalue weighted by Gasteiger charge is 2.37. The Morgan fingerprint density at radius 3 is 2.45 bits per heavy atom. The number of hydrogen-bond acceptors (Lipinski definition) is 6. The summed E-state index contributed by atoms with van der Waals surface area (Å²) in [6.45, 7) is -0.178. The highest BCUT2D eigenvalue weighted by atomic mass is 16.5. The van der Waals surface area contributed by atoms with Gasteiger partial charge >= 0.3 is 0 Å². The van der Waals surface area contributed by atoms with Crippen LogP contribution < -0.4 is 0 Å². The van der Waals surface area contributed by atoms with Crippen LogP contribution in [0.1, 0.15) is 20.8 Å². The van der Waals surface area contributed by atoms with E-state index in [0.29, 0.717) is 0 Å². The van der Waals surface area contributed by atoms with Crippen LogP contribution in [0.5, 0.6) is 0 Å². The molecule has 0 N–H and O–H groups in total. The third-order valence-electron chi connectivity index (χ3n) is 3.35. The summed E-state index contributed by atoms with van der Waals surface area (Å²) in [4.78, 5) is 44.1. The summed E-state index contributed by atoms with van der Waals surface area (Å²) < 4.78 is 4.81. The summed E-state index contributed by atoms with van der Waals surface area (Å²) in [7, 11) is 6.12. The van der Waals surface area contributed by atoms with Crippen LogP contribution in [-0.2, 0) is 9.53 Å². The van der Waals surface area contributed by atoms with Gasteiger partial charge < -0.3 is 14.5 Å². The zero-order chi connectivity index (χ0) is 16.4. The maximum atomic E-state index is 12.7. The van der Waals surface area contributed by atoms with Gasteiger partial charge in [-0.2, -0.15) is 0 Å². The normalized spacial score (nSPS) is 14.0. The van der Waals surface area contributed by atoms with Crippen molar-refractivity contribution < 1.29 is 19.1 Å². The van der Waals surface area contributed by atoms with Gasteiger partial charge in [0.25, 0.3) is 5.91 Å². The Morgan fingerprint density at radius 1 is 1.18 bits per heavy atom. The number of carbonyl (C=O) groups is 3. The number of ketones is 2. The van der Waals surface area contributed by atoms with Crippen LogP contribution in [0.4, 0.5) is 0 Å². The number of nitrogens with zero attached hydrogens (tertiary/aromatic N) is 3. The predicted octanol–water partition coefficient (Wildman–Crippen LogP) is 0.339. The number of aromatic nitrogens is 1. The van der Waals surface area contributed by atoms with Crippen LogP contribution in [0.25, 0.3) is 0 Å². The lowest BCUT2D eigenvalue weighted by atomic mass is 9.93. The Morgan fingerprint density at radius 2 is 1.86 bits per heavy atom. The van der Waals surface area contributed by atoms with Crippen molar-refractivity contribution in [1.29, 1.82) is 0 Å². The van der Waals surface area contributed by atoms with Crippen molar-refractivity contribution in [1.82, 2.24) is 14.8 Å². The molecular weight excluding hydrogens is 286 g/mol. The van der Waals surface area contributed by atoms with E-state index in [0.717, 1.165) is 4.90 Å². The summed E-state index contributed by atoms with van der Waals surface area (Å²) >= 11 is 0. The van der Waals surface area contributed by atoms with Crippen LogP contribution in [0, 0.1) is 0 Å². The second-order valence-corrected chi connectivity index (χ2v) is 5.04. The number of pyridine rings is 1. The fraction of sp³-hybridized carbons (Fsp3) is 0.333. The number of rotatable bonds is 4. The minimum Gasteiger partial charge on any atom is -0.375 e. The molecule has 0 bridgehead atoms. The average molecular weight is 303 g/mol. The summed E-state index contributed by atoms with van der Waals surface area (Å²) in [5.41, 5.74) is 0.485. The van der Waals surface area contributed by atoms with E-state index < -0.39 is 11.7 Å². The molecule has 116 valence electrons. The fourth-order valence-corrected chi connectivity index (χ4v) is 2.30. The summed E-state index contributed by atoms with van der Waals surface area (Å²) in [5.74, 6) is -1.20. The number of fused-ring (bicyclic) bond motifs is 1. The van der Waals surface area contributed by atoms with Crippen molar-refractivity contribution in [3.05, 3.63) is 41.0 Å². The topological polar surface area (TPSA) is 79.8 Å². The molecular formula is C15H17N3O4. The number of ether oxygens (including phenoxy) is 1. The molecule has 1 aliphatic rings. The molecule has 1 aromatic heterocycles. The van der Waals surface area contributed by atoms with Crippen molar-refractivity contribution in [2.24, 2.45) is 0 Å². The van der Waals surface area contributed by atoms with E-state index in [9.17, 15) is 14.4 Å². The standard InChI is InChI=1S/C15H17N3O4/c1-17(2)12-13(18(3)10(19)8-22-4)14(20)9-6-5-7-16-11(9)15(12)21/h5-7H,8H2,1-4H3. The van der Waals surface area contributed by atoms with E-state index >= 15 is 0 Å². The molecule has 1 heterocycles. The average Bonchev–Trinajstić information content (AvgIpc) is 2.49. The first-order chi connectivity index (χ1) is 10.4. The van der Waals surface area contributed by atoms with Crippen molar-refractivity contribution in [3.8, 4) is 0 Å². The maximum Gasteiger partial charge on any atom is 0.252 e. The highest BCUT2D eigenvalue weighted by Crippen LogP contribution is 2.27. The van der Waals surface area contributed by atoms with E-state index in [1.165, 1.54) is 31.3 Å². The van der Waals surface area contributed by atoms with Gasteiger partial charge in [0.15, 0.2) is 0 Å². The molecule has 7 nitrogen and oxygen atoms in total. The lowest BCUT2D eigenvalue weighted by Gasteiger charge is -2.29. The number of allylic oxidation sites excluding steroid dienone is 2. The number of amides is 1. The monoisotopic (exact) mass is 303 g/mol. The third kappa shape index (κ3) is 2.50. The second kappa shape index (κ2) is 6.07. The van der Waals surface area contributed by atoms with Crippen LogP contribution in [0.15, 0.2) is 29.7 Å². The molecule has 1 aromatic rings. The van der Waals surface area contributed by atoms with Crippen LogP contribution in [0.3, 0.4) is 0 Å². The number of hydrogen-bond donors (Lipinski definition) is 0. The molecule has 0 saturated heterocycles. The highest BCUT2D eigenvalue weighted by molar-refractivity contribution is 6.26. The molecule has 1 aliphatic carbocycles. The van der Waals surface area contributed by atoms with Crippen molar-refractivity contribution >= 4 is 17.5 Å². The quantitative estimate of drug-likeness (QED) is 0.798. The molecule has 0 radical (unpaired) electrons. The Bertz CT molecular complexity index is 679. The van der Waals surface area contributed by atoms with Gasteiger partial charge in [-0.15, -0.1) is 0 Å². The van der Waals surface area contributed by atoms with Crippen molar-refractivity contribution in [2.45, 2.75) is 0 Å². The molecule has 0 saturated carbocycles. The third-order valence-corrected chi connectivity index (χ3v) is 3.35. The first-order valence-corrected chi connectivity index (χ1v) is 6.61. The SMILES string of the molecule is COCC(=O)N(C)C1=C(N(C)C)C(=O)c2ncccc2C1=O. The molecule has 1 amide bonds.